The third kappa shape index (κ3) is 3.93. The molecular formula is C18H25N3O3. The van der Waals surface area contributed by atoms with E-state index in [1.165, 1.54) is 9.80 Å². The van der Waals surface area contributed by atoms with Crippen molar-refractivity contribution in [2.75, 3.05) is 33.2 Å². The zero-order valence-electron chi connectivity index (χ0n) is 14.6. The van der Waals surface area contributed by atoms with Crippen LogP contribution in [-0.4, -0.2) is 71.7 Å². The quantitative estimate of drug-likeness (QED) is 0.773. The molecule has 1 aliphatic heterocycles. The Hall–Kier alpha value is -2.37. The maximum atomic E-state index is 12.6. The van der Waals surface area contributed by atoms with Crippen molar-refractivity contribution in [3.05, 3.63) is 35.9 Å². The summed E-state index contributed by atoms with van der Waals surface area (Å²) in [4.78, 5) is 42.0. The molecule has 24 heavy (non-hydrogen) atoms. The van der Waals surface area contributed by atoms with Crippen molar-refractivity contribution in [2.45, 2.75) is 26.3 Å². The van der Waals surface area contributed by atoms with E-state index in [-0.39, 0.29) is 30.8 Å². The number of rotatable bonds is 6. The van der Waals surface area contributed by atoms with E-state index in [2.05, 4.69) is 0 Å². The lowest BCUT2D eigenvalue weighted by atomic mass is 10.0. The summed E-state index contributed by atoms with van der Waals surface area (Å²) in [5.74, 6) is -0.423. The lowest BCUT2D eigenvalue weighted by Crippen LogP contribution is -2.61. The first-order valence-electron chi connectivity index (χ1n) is 8.34. The van der Waals surface area contributed by atoms with E-state index in [1.807, 2.05) is 44.2 Å². The summed E-state index contributed by atoms with van der Waals surface area (Å²) >= 11 is 0. The highest BCUT2D eigenvalue weighted by Crippen LogP contribution is 2.17. The van der Waals surface area contributed by atoms with E-state index in [4.69, 9.17) is 0 Å². The first-order chi connectivity index (χ1) is 11.5. The number of nitrogens with zero attached hydrogens (tertiary/aromatic N) is 3. The van der Waals surface area contributed by atoms with Crippen LogP contribution in [0.5, 0.6) is 0 Å². The highest BCUT2D eigenvalue weighted by molar-refractivity contribution is 5.97. The Morgan fingerprint density at radius 2 is 1.79 bits per heavy atom. The molecule has 0 aromatic heterocycles. The molecule has 1 saturated heterocycles. The molecule has 1 heterocycles. The van der Waals surface area contributed by atoms with Crippen molar-refractivity contribution in [2.24, 2.45) is 0 Å². The third-order valence-corrected chi connectivity index (χ3v) is 4.42. The average Bonchev–Trinajstić information content (AvgIpc) is 2.58. The molecule has 6 heteroatoms. The molecular weight excluding hydrogens is 306 g/mol. The number of benzene rings is 1. The van der Waals surface area contributed by atoms with Crippen LogP contribution < -0.4 is 0 Å². The molecule has 1 atom stereocenters. The van der Waals surface area contributed by atoms with Crippen LogP contribution in [0.15, 0.2) is 30.3 Å². The van der Waals surface area contributed by atoms with Gasteiger partial charge in [0.25, 0.3) is 0 Å². The Bertz CT molecular complexity index is 599. The fourth-order valence-electron chi connectivity index (χ4n) is 2.99. The third-order valence-electron chi connectivity index (χ3n) is 4.42. The Morgan fingerprint density at radius 3 is 2.38 bits per heavy atom. The molecule has 1 aliphatic rings. The van der Waals surface area contributed by atoms with E-state index in [0.29, 0.717) is 19.5 Å². The fraction of sp³-hybridized carbons (Fsp3) is 0.500. The summed E-state index contributed by atoms with van der Waals surface area (Å²) in [6, 6.07) is 8.94. The van der Waals surface area contributed by atoms with Crippen LogP contribution in [-0.2, 0) is 20.8 Å². The van der Waals surface area contributed by atoms with E-state index < -0.39 is 6.04 Å². The molecule has 0 bridgehead atoms. The molecule has 1 fully saturated rings. The molecule has 0 saturated carbocycles. The Labute approximate surface area is 143 Å². The number of piperazine rings is 1. The minimum atomic E-state index is -0.627. The van der Waals surface area contributed by atoms with E-state index >= 15 is 0 Å². The van der Waals surface area contributed by atoms with Gasteiger partial charge in [0.15, 0.2) is 0 Å². The number of amides is 3. The molecule has 0 aliphatic carbocycles. The minimum Gasteiger partial charge on any atom is -0.342 e. The summed E-state index contributed by atoms with van der Waals surface area (Å²) in [5, 5.41) is 0. The molecule has 0 N–H and O–H groups in total. The van der Waals surface area contributed by atoms with E-state index in [0.717, 1.165) is 5.56 Å². The van der Waals surface area contributed by atoms with E-state index in [1.54, 1.807) is 11.9 Å². The Balaban J connectivity index is 2.21. The predicted octanol–water partition coefficient (Wildman–Crippen LogP) is 0.767. The molecule has 0 unspecified atom stereocenters. The Kier molecular flexibility index (Phi) is 5.95. The van der Waals surface area contributed by atoms with Crippen molar-refractivity contribution in [1.29, 1.82) is 0 Å². The van der Waals surface area contributed by atoms with Crippen LogP contribution in [0, 0.1) is 0 Å². The summed E-state index contributed by atoms with van der Waals surface area (Å²) in [6.45, 7) is 4.97. The van der Waals surface area contributed by atoms with Crippen LogP contribution >= 0.6 is 0 Å². The maximum Gasteiger partial charge on any atom is 0.245 e. The molecule has 1 aromatic rings. The van der Waals surface area contributed by atoms with Crippen LogP contribution in [0.2, 0.25) is 0 Å². The molecule has 0 spiro atoms. The number of carbonyl (C=O) groups excluding carboxylic acids is 3. The van der Waals surface area contributed by atoms with Gasteiger partial charge in [0.05, 0.1) is 6.54 Å². The number of hydrogen-bond acceptors (Lipinski definition) is 3. The van der Waals surface area contributed by atoms with Gasteiger partial charge in [-0.15, -0.1) is 0 Å². The number of carbonyl (C=O) groups is 3. The summed E-state index contributed by atoms with van der Waals surface area (Å²) < 4.78 is 0. The largest absolute Gasteiger partial charge is 0.342 e. The summed E-state index contributed by atoms with van der Waals surface area (Å²) in [5.41, 5.74) is 0.972. The van der Waals surface area contributed by atoms with E-state index in [9.17, 15) is 14.4 Å². The zero-order valence-corrected chi connectivity index (χ0v) is 14.6. The van der Waals surface area contributed by atoms with Gasteiger partial charge in [0, 0.05) is 26.6 Å². The van der Waals surface area contributed by atoms with Crippen molar-refractivity contribution < 1.29 is 14.4 Å². The molecule has 0 radical (unpaired) electrons. The molecule has 1 aromatic carbocycles. The Morgan fingerprint density at radius 1 is 1.17 bits per heavy atom. The van der Waals surface area contributed by atoms with Gasteiger partial charge in [-0.1, -0.05) is 30.3 Å². The van der Waals surface area contributed by atoms with Crippen molar-refractivity contribution in [1.82, 2.24) is 14.7 Å². The SMILES string of the molecule is CCN(CC)C(=O)CN1C(=O)CN(C)C(=O)[C@@H]1Cc1ccccc1. The second kappa shape index (κ2) is 7.95. The summed E-state index contributed by atoms with van der Waals surface area (Å²) in [7, 11) is 1.63. The van der Waals surface area contributed by atoms with Crippen molar-refractivity contribution in [3.8, 4) is 0 Å². The lowest BCUT2D eigenvalue weighted by Gasteiger charge is -2.39. The predicted molar refractivity (Wildman–Crippen MR) is 91.2 cm³/mol. The van der Waals surface area contributed by atoms with Crippen molar-refractivity contribution in [3.63, 3.8) is 0 Å². The molecule has 130 valence electrons. The van der Waals surface area contributed by atoms with Gasteiger partial charge in [-0.05, 0) is 19.4 Å². The van der Waals surface area contributed by atoms with Gasteiger partial charge in [-0.3, -0.25) is 14.4 Å². The first kappa shape index (κ1) is 18.0. The van der Waals surface area contributed by atoms with Crippen molar-refractivity contribution >= 4 is 17.7 Å². The van der Waals surface area contributed by atoms with Gasteiger partial charge in [-0.25, -0.2) is 0 Å². The highest BCUT2D eigenvalue weighted by atomic mass is 16.2. The average molecular weight is 331 g/mol. The normalized spacial score (nSPS) is 18.0. The highest BCUT2D eigenvalue weighted by Gasteiger charge is 2.39. The maximum absolute atomic E-state index is 12.6. The van der Waals surface area contributed by atoms with Gasteiger partial charge >= 0.3 is 0 Å². The van der Waals surface area contributed by atoms with Gasteiger partial charge in [0.2, 0.25) is 17.7 Å². The van der Waals surface area contributed by atoms with Crippen LogP contribution in [0.1, 0.15) is 19.4 Å². The molecule has 3 amide bonds. The standard InChI is InChI=1S/C18H25N3O3/c1-4-20(5-2)16(22)13-21-15(11-14-9-7-6-8-10-14)18(24)19(3)12-17(21)23/h6-10,15H,4-5,11-13H2,1-3H3/t15-/m0/s1. The molecule has 6 nitrogen and oxygen atoms in total. The minimum absolute atomic E-state index is 0.0235. The monoisotopic (exact) mass is 331 g/mol. The second-order valence-electron chi connectivity index (χ2n) is 5.99. The first-order valence-corrected chi connectivity index (χ1v) is 8.34. The van der Waals surface area contributed by atoms with Crippen LogP contribution in [0.3, 0.4) is 0 Å². The van der Waals surface area contributed by atoms with Gasteiger partial charge in [-0.2, -0.15) is 0 Å². The summed E-state index contributed by atoms with van der Waals surface area (Å²) in [6.07, 6.45) is 0.418. The second-order valence-corrected chi connectivity index (χ2v) is 5.99. The fourth-order valence-corrected chi connectivity index (χ4v) is 2.99. The lowest BCUT2D eigenvalue weighted by molar-refractivity contribution is -0.157. The zero-order chi connectivity index (χ0) is 17.7. The smallest absolute Gasteiger partial charge is 0.245 e. The van der Waals surface area contributed by atoms with Gasteiger partial charge in [0.1, 0.15) is 12.6 Å². The van der Waals surface area contributed by atoms with Crippen LogP contribution in [0.4, 0.5) is 0 Å². The number of hydrogen-bond donors (Lipinski definition) is 0. The molecule has 2 rings (SSSR count). The number of likely N-dealkylation sites (N-methyl/N-ethyl adjacent to an activating group) is 2. The topological polar surface area (TPSA) is 60.9 Å². The van der Waals surface area contributed by atoms with Crippen LogP contribution in [0.25, 0.3) is 0 Å². The van der Waals surface area contributed by atoms with Gasteiger partial charge < -0.3 is 14.7 Å².